The van der Waals surface area contributed by atoms with Crippen LogP contribution in [-0.4, -0.2) is 14.4 Å². The van der Waals surface area contributed by atoms with Crippen molar-refractivity contribution in [2.24, 2.45) is 0 Å². The molecule has 20 heavy (non-hydrogen) atoms. The SMILES string of the molecule is CC(C)c1nc2cc(C(C)(C)C)cnc2n2cccc12. The van der Waals surface area contributed by atoms with Crippen LogP contribution in [0.1, 0.15) is 51.8 Å². The molecule has 0 saturated carbocycles. The summed E-state index contributed by atoms with van der Waals surface area (Å²) in [5.74, 6) is 0.398. The van der Waals surface area contributed by atoms with E-state index in [4.69, 9.17) is 4.98 Å². The Bertz CT molecular complexity index is 776. The molecule has 3 nitrogen and oxygen atoms in total. The maximum Gasteiger partial charge on any atom is 0.163 e. The summed E-state index contributed by atoms with van der Waals surface area (Å²) in [6, 6.07) is 6.34. The van der Waals surface area contributed by atoms with Gasteiger partial charge < -0.3 is 0 Å². The minimum absolute atomic E-state index is 0.0898. The third-order valence-electron chi connectivity index (χ3n) is 3.74. The molecule has 0 saturated heterocycles. The first-order valence-electron chi connectivity index (χ1n) is 7.15. The van der Waals surface area contributed by atoms with Gasteiger partial charge in [-0.05, 0) is 35.1 Å². The van der Waals surface area contributed by atoms with Crippen molar-refractivity contribution >= 4 is 16.7 Å². The van der Waals surface area contributed by atoms with Gasteiger partial charge in [0.1, 0.15) is 5.52 Å². The van der Waals surface area contributed by atoms with E-state index in [1.165, 1.54) is 5.56 Å². The van der Waals surface area contributed by atoms with Gasteiger partial charge in [0.25, 0.3) is 0 Å². The fourth-order valence-electron chi connectivity index (χ4n) is 2.51. The molecule has 3 heteroatoms. The Labute approximate surface area is 119 Å². The van der Waals surface area contributed by atoms with Crippen molar-refractivity contribution < 1.29 is 0 Å². The molecule has 0 spiro atoms. The van der Waals surface area contributed by atoms with Crippen LogP contribution in [0.4, 0.5) is 0 Å². The molecular formula is C17H21N3. The van der Waals surface area contributed by atoms with Crippen molar-refractivity contribution in [2.45, 2.75) is 46.0 Å². The lowest BCUT2D eigenvalue weighted by atomic mass is 9.88. The van der Waals surface area contributed by atoms with Crippen LogP contribution in [0.25, 0.3) is 16.7 Å². The Morgan fingerprint density at radius 1 is 1.20 bits per heavy atom. The lowest BCUT2D eigenvalue weighted by molar-refractivity contribution is 0.588. The summed E-state index contributed by atoms with van der Waals surface area (Å²) >= 11 is 0. The summed E-state index contributed by atoms with van der Waals surface area (Å²) < 4.78 is 2.14. The van der Waals surface area contributed by atoms with Gasteiger partial charge >= 0.3 is 0 Å². The molecule has 0 unspecified atom stereocenters. The molecule has 104 valence electrons. The van der Waals surface area contributed by atoms with Crippen molar-refractivity contribution in [1.29, 1.82) is 0 Å². The fraction of sp³-hybridized carbons (Fsp3) is 0.412. The Kier molecular flexibility index (Phi) is 2.82. The van der Waals surface area contributed by atoms with E-state index in [9.17, 15) is 0 Å². The van der Waals surface area contributed by atoms with Gasteiger partial charge in [0.05, 0.1) is 11.2 Å². The molecule has 0 N–H and O–H groups in total. The summed E-state index contributed by atoms with van der Waals surface area (Å²) in [6.07, 6.45) is 4.04. The average molecular weight is 267 g/mol. The van der Waals surface area contributed by atoms with Gasteiger partial charge in [-0.25, -0.2) is 9.97 Å². The minimum atomic E-state index is 0.0898. The van der Waals surface area contributed by atoms with Gasteiger partial charge in [-0.15, -0.1) is 0 Å². The highest BCUT2D eigenvalue weighted by Crippen LogP contribution is 2.27. The first kappa shape index (κ1) is 13.1. The second kappa shape index (κ2) is 4.30. The molecule has 0 aliphatic carbocycles. The summed E-state index contributed by atoms with van der Waals surface area (Å²) in [5.41, 5.74) is 5.51. The van der Waals surface area contributed by atoms with Crippen LogP contribution < -0.4 is 0 Å². The third-order valence-corrected chi connectivity index (χ3v) is 3.74. The van der Waals surface area contributed by atoms with E-state index in [1.54, 1.807) is 0 Å². The molecule has 0 aromatic carbocycles. The lowest BCUT2D eigenvalue weighted by Crippen LogP contribution is -2.12. The van der Waals surface area contributed by atoms with Crippen LogP contribution in [-0.2, 0) is 5.41 Å². The van der Waals surface area contributed by atoms with Crippen molar-refractivity contribution in [3.05, 3.63) is 41.9 Å². The lowest BCUT2D eigenvalue weighted by Gasteiger charge is -2.19. The number of aromatic nitrogens is 3. The molecule has 0 bridgehead atoms. The largest absolute Gasteiger partial charge is 0.298 e. The van der Waals surface area contributed by atoms with Crippen LogP contribution in [0, 0.1) is 0 Å². The Morgan fingerprint density at radius 3 is 2.60 bits per heavy atom. The second-order valence-electron chi connectivity index (χ2n) is 6.73. The van der Waals surface area contributed by atoms with E-state index in [1.807, 2.05) is 6.20 Å². The average Bonchev–Trinajstić information content (AvgIpc) is 2.84. The van der Waals surface area contributed by atoms with Crippen LogP contribution in [0.2, 0.25) is 0 Å². The molecule has 0 radical (unpaired) electrons. The van der Waals surface area contributed by atoms with Gasteiger partial charge in [-0.2, -0.15) is 0 Å². The maximum atomic E-state index is 4.87. The molecule has 3 rings (SSSR count). The number of fused-ring (bicyclic) bond motifs is 3. The van der Waals surface area contributed by atoms with Crippen LogP contribution in [0.5, 0.6) is 0 Å². The highest BCUT2D eigenvalue weighted by Gasteiger charge is 2.17. The molecule has 0 atom stereocenters. The van der Waals surface area contributed by atoms with Crippen LogP contribution >= 0.6 is 0 Å². The predicted molar refractivity (Wildman–Crippen MR) is 83.3 cm³/mol. The third kappa shape index (κ3) is 1.98. The van der Waals surface area contributed by atoms with Gasteiger partial charge in [-0.1, -0.05) is 34.6 Å². The molecule has 0 amide bonds. The zero-order valence-corrected chi connectivity index (χ0v) is 12.8. The molecule has 0 aliphatic rings. The smallest absolute Gasteiger partial charge is 0.163 e. The maximum absolute atomic E-state index is 4.87. The Hall–Kier alpha value is -1.90. The second-order valence-corrected chi connectivity index (χ2v) is 6.73. The van der Waals surface area contributed by atoms with Crippen molar-refractivity contribution in [1.82, 2.24) is 14.4 Å². The standard InChI is InChI=1S/C17H21N3/c1-11(2)15-14-7-6-8-20(14)16-13(19-15)9-12(10-18-16)17(3,4)5/h6-11H,1-5H3. The van der Waals surface area contributed by atoms with Crippen molar-refractivity contribution in [3.63, 3.8) is 0 Å². The van der Waals surface area contributed by atoms with E-state index < -0.39 is 0 Å². The molecule has 0 fully saturated rings. The van der Waals surface area contributed by atoms with E-state index in [-0.39, 0.29) is 5.41 Å². The molecule has 3 aromatic heterocycles. The van der Waals surface area contributed by atoms with E-state index in [2.05, 4.69) is 68.4 Å². The van der Waals surface area contributed by atoms with Crippen molar-refractivity contribution in [3.8, 4) is 0 Å². The number of hydrogen-bond acceptors (Lipinski definition) is 2. The highest BCUT2D eigenvalue weighted by atomic mass is 15.0. The van der Waals surface area contributed by atoms with Crippen LogP contribution in [0.3, 0.4) is 0 Å². The number of nitrogens with zero attached hydrogens (tertiary/aromatic N) is 3. The molecule has 3 heterocycles. The zero-order valence-electron chi connectivity index (χ0n) is 12.8. The zero-order chi connectivity index (χ0) is 14.5. The number of pyridine rings is 1. The van der Waals surface area contributed by atoms with Crippen LogP contribution in [0.15, 0.2) is 30.6 Å². The van der Waals surface area contributed by atoms with Gasteiger partial charge in [-0.3, -0.25) is 4.40 Å². The summed E-state index contributed by atoms with van der Waals surface area (Å²) in [4.78, 5) is 9.51. The summed E-state index contributed by atoms with van der Waals surface area (Å²) in [5, 5.41) is 0. The number of hydrogen-bond donors (Lipinski definition) is 0. The van der Waals surface area contributed by atoms with E-state index >= 15 is 0 Å². The summed E-state index contributed by atoms with van der Waals surface area (Å²) in [7, 11) is 0. The van der Waals surface area contributed by atoms with Gasteiger partial charge in [0.15, 0.2) is 5.65 Å². The minimum Gasteiger partial charge on any atom is -0.298 e. The first-order valence-corrected chi connectivity index (χ1v) is 7.15. The quantitative estimate of drug-likeness (QED) is 0.658. The monoisotopic (exact) mass is 267 g/mol. The topological polar surface area (TPSA) is 30.2 Å². The fourth-order valence-corrected chi connectivity index (χ4v) is 2.51. The highest BCUT2D eigenvalue weighted by molar-refractivity contribution is 5.77. The van der Waals surface area contributed by atoms with Crippen molar-refractivity contribution in [2.75, 3.05) is 0 Å². The van der Waals surface area contributed by atoms with Gasteiger partial charge in [0.2, 0.25) is 0 Å². The normalized spacial score (nSPS) is 12.7. The summed E-state index contributed by atoms with van der Waals surface area (Å²) in [6.45, 7) is 11.0. The van der Waals surface area contributed by atoms with E-state index in [0.717, 1.165) is 22.4 Å². The van der Waals surface area contributed by atoms with Gasteiger partial charge in [0, 0.05) is 12.4 Å². The predicted octanol–water partition coefficient (Wildman–Crippen LogP) is 4.30. The molecular weight excluding hydrogens is 246 g/mol. The molecule has 3 aromatic rings. The Balaban J connectivity index is 2.38. The molecule has 0 aliphatic heterocycles. The Morgan fingerprint density at radius 2 is 1.95 bits per heavy atom. The van der Waals surface area contributed by atoms with E-state index in [0.29, 0.717) is 5.92 Å². The first-order chi connectivity index (χ1) is 9.38. The number of rotatable bonds is 1.